The normalized spacial score (nSPS) is 10.5. The lowest BCUT2D eigenvalue weighted by Crippen LogP contribution is -2.27. The number of nitrogens with one attached hydrogen (secondary N) is 1. The molecule has 0 atom stereocenters. The van der Waals surface area contributed by atoms with Crippen molar-refractivity contribution in [2.75, 3.05) is 18.1 Å². The van der Waals surface area contributed by atoms with E-state index in [9.17, 15) is 9.18 Å². The Kier molecular flexibility index (Phi) is 8.04. The van der Waals surface area contributed by atoms with E-state index in [-0.39, 0.29) is 11.7 Å². The van der Waals surface area contributed by atoms with Crippen LogP contribution in [0.5, 0.6) is 0 Å². The predicted octanol–water partition coefficient (Wildman–Crippen LogP) is 4.11. The van der Waals surface area contributed by atoms with Gasteiger partial charge < -0.3 is 5.32 Å². The third kappa shape index (κ3) is 7.57. The molecule has 0 unspecified atom stereocenters. The third-order valence-corrected chi connectivity index (χ3v) is 5.13. The summed E-state index contributed by atoms with van der Waals surface area (Å²) in [5, 5.41) is 2.92. The topological polar surface area (TPSA) is 29.1 Å². The molecule has 0 spiro atoms. The molecular weight excluding hydrogens is 329 g/mol. The van der Waals surface area contributed by atoms with Crippen molar-refractivity contribution in [2.24, 2.45) is 0 Å². The molecule has 0 aromatic heterocycles. The van der Waals surface area contributed by atoms with E-state index in [2.05, 4.69) is 17.4 Å². The van der Waals surface area contributed by atoms with Gasteiger partial charge in [-0.15, -0.1) is 11.8 Å². The molecule has 2 nitrogen and oxygen atoms in total. The maximum absolute atomic E-state index is 12.8. The Morgan fingerprint density at radius 2 is 1.57 bits per heavy atom. The van der Waals surface area contributed by atoms with E-state index >= 15 is 0 Å². The summed E-state index contributed by atoms with van der Waals surface area (Å²) in [6, 6.07) is 16.7. The maximum Gasteiger partial charge on any atom is 0.230 e. The quantitative estimate of drug-likeness (QED) is 0.691. The molecule has 1 amide bonds. The van der Waals surface area contributed by atoms with E-state index in [0.717, 1.165) is 22.8 Å². The van der Waals surface area contributed by atoms with Crippen LogP contribution in [0, 0.1) is 5.82 Å². The summed E-state index contributed by atoms with van der Waals surface area (Å²) in [4.78, 5) is 11.7. The number of rotatable bonds is 9. The maximum atomic E-state index is 12.8. The van der Waals surface area contributed by atoms with Gasteiger partial charge in [0.2, 0.25) is 5.91 Å². The molecule has 2 rings (SSSR count). The van der Waals surface area contributed by atoms with Crippen molar-refractivity contribution in [3.05, 3.63) is 71.5 Å². The molecule has 1 N–H and O–H groups in total. The second-order valence-electron chi connectivity index (χ2n) is 5.01. The van der Waals surface area contributed by atoms with Crippen molar-refractivity contribution in [3.8, 4) is 0 Å². The molecular formula is C18H20FNOS2. The Bertz CT molecular complexity index is 590. The lowest BCUT2D eigenvalue weighted by Gasteiger charge is -2.06. The Morgan fingerprint density at radius 3 is 2.30 bits per heavy atom. The van der Waals surface area contributed by atoms with Crippen LogP contribution < -0.4 is 5.32 Å². The number of hydrogen-bond donors (Lipinski definition) is 1. The molecule has 0 aliphatic rings. The summed E-state index contributed by atoms with van der Waals surface area (Å²) in [6.45, 7) is 0.688. The van der Waals surface area contributed by atoms with Crippen LogP contribution >= 0.6 is 23.5 Å². The van der Waals surface area contributed by atoms with Crippen molar-refractivity contribution in [3.63, 3.8) is 0 Å². The Labute approximate surface area is 145 Å². The first-order chi connectivity index (χ1) is 11.2. The summed E-state index contributed by atoms with van der Waals surface area (Å²) in [5.41, 5.74) is 2.33. The highest BCUT2D eigenvalue weighted by atomic mass is 32.2. The predicted molar refractivity (Wildman–Crippen MR) is 98.2 cm³/mol. The zero-order valence-electron chi connectivity index (χ0n) is 12.8. The van der Waals surface area contributed by atoms with Gasteiger partial charge in [0.05, 0.1) is 5.75 Å². The van der Waals surface area contributed by atoms with Crippen molar-refractivity contribution >= 4 is 29.4 Å². The zero-order chi connectivity index (χ0) is 16.3. The van der Waals surface area contributed by atoms with E-state index in [4.69, 9.17) is 0 Å². The highest BCUT2D eigenvalue weighted by Gasteiger charge is 2.02. The van der Waals surface area contributed by atoms with Gasteiger partial charge in [0.1, 0.15) is 5.82 Å². The summed E-state index contributed by atoms with van der Waals surface area (Å²) >= 11 is 3.35. The van der Waals surface area contributed by atoms with Crippen LogP contribution in [0.25, 0.3) is 0 Å². The number of carbonyl (C=O) groups excluding carboxylic acids is 1. The average Bonchev–Trinajstić information content (AvgIpc) is 2.57. The van der Waals surface area contributed by atoms with Crippen molar-refractivity contribution in [1.82, 2.24) is 5.32 Å². The minimum absolute atomic E-state index is 0.0532. The summed E-state index contributed by atoms with van der Waals surface area (Å²) < 4.78 is 12.8. The Morgan fingerprint density at radius 1 is 0.913 bits per heavy atom. The van der Waals surface area contributed by atoms with Crippen LogP contribution in [0.15, 0.2) is 54.6 Å². The van der Waals surface area contributed by atoms with E-state index in [1.165, 1.54) is 29.5 Å². The van der Waals surface area contributed by atoms with E-state index in [1.807, 2.05) is 30.0 Å². The van der Waals surface area contributed by atoms with Crippen LogP contribution in [-0.2, 0) is 16.3 Å². The molecule has 0 heterocycles. The molecule has 0 saturated carbocycles. The first-order valence-electron chi connectivity index (χ1n) is 7.44. The van der Waals surface area contributed by atoms with Gasteiger partial charge in [0.25, 0.3) is 0 Å². The van der Waals surface area contributed by atoms with Gasteiger partial charge in [-0.1, -0.05) is 42.5 Å². The SMILES string of the molecule is O=C(CSCc1ccc(F)cc1)NCCSCc1ccccc1. The fourth-order valence-corrected chi connectivity index (χ4v) is 3.56. The fourth-order valence-electron chi connectivity index (χ4n) is 1.92. The molecule has 5 heteroatoms. The monoisotopic (exact) mass is 349 g/mol. The van der Waals surface area contributed by atoms with Gasteiger partial charge in [0.15, 0.2) is 0 Å². The lowest BCUT2D eigenvalue weighted by molar-refractivity contribution is -0.118. The van der Waals surface area contributed by atoms with Crippen LogP contribution in [0.3, 0.4) is 0 Å². The van der Waals surface area contributed by atoms with Crippen molar-refractivity contribution in [2.45, 2.75) is 11.5 Å². The smallest absolute Gasteiger partial charge is 0.230 e. The van der Waals surface area contributed by atoms with Gasteiger partial charge in [-0.3, -0.25) is 4.79 Å². The van der Waals surface area contributed by atoms with Crippen LogP contribution in [0.4, 0.5) is 4.39 Å². The van der Waals surface area contributed by atoms with E-state index in [1.54, 1.807) is 12.1 Å². The molecule has 2 aromatic rings. The molecule has 0 bridgehead atoms. The van der Waals surface area contributed by atoms with Gasteiger partial charge in [-0.05, 0) is 23.3 Å². The summed E-state index contributed by atoms with van der Waals surface area (Å²) in [6.07, 6.45) is 0. The highest BCUT2D eigenvalue weighted by molar-refractivity contribution is 7.99. The molecule has 0 fully saturated rings. The Hall–Kier alpha value is -1.46. The number of hydrogen-bond acceptors (Lipinski definition) is 3. The van der Waals surface area contributed by atoms with E-state index in [0.29, 0.717) is 12.3 Å². The number of benzene rings is 2. The van der Waals surface area contributed by atoms with Gasteiger partial charge in [-0.25, -0.2) is 4.39 Å². The number of thioether (sulfide) groups is 2. The second-order valence-corrected chi connectivity index (χ2v) is 7.10. The lowest BCUT2D eigenvalue weighted by atomic mass is 10.2. The largest absolute Gasteiger partial charge is 0.355 e. The first kappa shape index (κ1) is 17.9. The zero-order valence-corrected chi connectivity index (χ0v) is 14.5. The number of carbonyl (C=O) groups is 1. The van der Waals surface area contributed by atoms with E-state index < -0.39 is 0 Å². The van der Waals surface area contributed by atoms with Gasteiger partial charge in [0, 0.05) is 23.8 Å². The number of amides is 1. The summed E-state index contributed by atoms with van der Waals surface area (Å²) in [7, 11) is 0. The van der Waals surface area contributed by atoms with Crippen LogP contribution in [-0.4, -0.2) is 24.0 Å². The minimum Gasteiger partial charge on any atom is -0.355 e. The standard InChI is InChI=1S/C18H20FNOS2/c19-17-8-6-16(7-9-17)13-23-14-18(21)20-10-11-22-12-15-4-2-1-3-5-15/h1-9H,10-14H2,(H,20,21). The average molecular weight is 349 g/mol. The Balaban J connectivity index is 1.51. The van der Waals surface area contributed by atoms with Crippen LogP contribution in [0.1, 0.15) is 11.1 Å². The molecule has 0 radical (unpaired) electrons. The molecule has 2 aromatic carbocycles. The summed E-state index contributed by atoms with van der Waals surface area (Å²) in [5.74, 6) is 2.85. The molecule has 0 aliphatic heterocycles. The van der Waals surface area contributed by atoms with Crippen molar-refractivity contribution in [1.29, 1.82) is 0 Å². The molecule has 0 aliphatic carbocycles. The van der Waals surface area contributed by atoms with Gasteiger partial charge >= 0.3 is 0 Å². The third-order valence-electron chi connectivity index (χ3n) is 3.10. The first-order valence-corrected chi connectivity index (χ1v) is 9.75. The minimum atomic E-state index is -0.232. The van der Waals surface area contributed by atoms with Crippen LogP contribution in [0.2, 0.25) is 0 Å². The molecule has 0 saturated heterocycles. The second kappa shape index (κ2) is 10.3. The highest BCUT2D eigenvalue weighted by Crippen LogP contribution is 2.13. The molecule has 23 heavy (non-hydrogen) atoms. The van der Waals surface area contributed by atoms with Gasteiger partial charge in [-0.2, -0.15) is 11.8 Å². The fraction of sp³-hybridized carbons (Fsp3) is 0.278. The molecule has 122 valence electrons. The van der Waals surface area contributed by atoms with Crippen molar-refractivity contribution < 1.29 is 9.18 Å². The number of halogens is 1.